The fourth-order valence-corrected chi connectivity index (χ4v) is 2.55. The summed E-state index contributed by atoms with van der Waals surface area (Å²) in [6, 6.07) is 6.87. The number of hydrogen-bond donors (Lipinski definition) is 2. The van der Waals surface area contributed by atoms with Crippen molar-refractivity contribution in [1.82, 2.24) is 30.3 Å². The van der Waals surface area contributed by atoms with Crippen molar-refractivity contribution in [2.45, 2.75) is 33.4 Å². The molecule has 0 aliphatic carbocycles. The highest BCUT2D eigenvalue weighted by atomic mass is 16.2. The van der Waals surface area contributed by atoms with Crippen LogP contribution in [0.2, 0.25) is 0 Å². The number of aromatic nitrogens is 5. The zero-order valence-electron chi connectivity index (χ0n) is 13.7. The summed E-state index contributed by atoms with van der Waals surface area (Å²) in [4.78, 5) is 28.9. The van der Waals surface area contributed by atoms with E-state index in [1.54, 1.807) is 26.0 Å². The summed E-state index contributed by atoms with van der Waals surface area (Å²) >= 11 is 0. The predicted octanol–water partition coefficient (Wildman–Crippen LogP) is 1.01. The van der Waals surface area contributed by atoms with Gasteiger partial charge in [0.15, 0.2) is 5.82 Å². The molecule has 24 heavy (non-hydrogen) atoms. The van der Waals surface area contributed by atoms with Gasteiger partial charge in [0.2, 0.25) is 5.91 Å². The number of aromatic amines is 1. The Morgan fingerprint density at radius 2 is 2.00 bits per heavy atom. The molecule has 8 nitrogen and oxygen atoms in total. The van der Waals surface area contributed by atoms with Gasteiger partial charge in [-0.2, -0.15) is 10.2 Å². The standard InChI is InChI=1S/C16H18N6O2/c1-9-12-6-4-5-7-13(12)16(24)22(21-9)8-14(23)17-10(2)15-18-11(3)19-20-15/h4-7,10H,8H2,1-3H3,(H,17,23)(H,18,19,20)/t10-/m0/s1. The average molecular weight is 326 g/mol. The zero-order valence-corrected chi connectivity index (χ0v) is 13.7. The van der Waals surface area contributed by atoms with Gasteiger partial charge in [0.05, 0.1) is 17.1 Å². The quantitative estimate of drug-likeness (QED) is 0.744. The van der Waals surface area contributed by atoms with E-state index >= 15 is 0 Å². The van der Waals surface area contributed by atoms with Gasteiger partial charge in [-0.05, 0) is 26.8 Å². The second kappa shape index (κ2) is 6.23. The van der Waals surface area contributed by atoms with E-state index in [-0.39, 0.29) is 24.1 Å². The molecule has 3 rings (SSSR count). The lowest BCUT2D eigenvalue weighted by molar-refractivity contribution is -0.122. The lowest BCUT2D eigenvalue weighted by Gasteiger charge is -2.12. The Hall–Kier alpha value is -3.03. The second-order valence-corrected chi connectivity index (χ2v) is 5.66. The SMILES string of the molecule is Cc1nc([C@H](C)NC(=O)Cn2nc(C)c3ccccc3c2=O)n[nH]1. The maximum Gasteiger partial charge on any atom is 0.275 e. The number of nitrogens with one attached hydrogen (secondary N) is 2. The van der Waals surface area contributed by atoms with Gasteiger partial charge in [-0.1, -0.05) is 18.2 Å². The summed E-state index contributed by atoms with van der Waals surface area (Å²) in [7, 11) is 0. The number of rotatable bonds is 4. The summed E-state index contributed by atoms with van der Waals surface area (Å²) in [6.45, 7) is 5.22. The molecule has 1 atom stereocenters. The fraction of sp³-hybridized carbons (Fsp3) is 0.312. The van der Waals surface area contributed by atoms with E-state index in [4.69, 9.17) is 0 Å². The number of hydrogen-bond acceptors (Lipinski definition) is 5. The lowest BCUT2D eigenvalue weighted by atomic mass is 10.1. The molecular formula is C16H18N6O2. The van der Waals surface area contributed by atoms with E-state index in [2.05, 4.69) is 25.6 Å². The van der Waals surface area contributed by atoms with Crippen LogP contribution in [0.15, 0.2) is 29.1 Å². The summed E-state index contributed by atoms with van der Waals surface area (Å²) < 4.78 is 1.18. The van der Waals surface area contributed by atoms with Crippen molar-refractivity contribution in [3.05, 3.63) is 52.0 Å². The largest absolute Gasteiger partial charge is 0.345 e. The molecule has 0 fully saturated rings. The summed E-state index contributed by atoms with van der Waals surface area (Å²) in [5.41, 5.74) is 0.420. The van der Waals surface area contributed by atoms with Crippen LogP contribution < -0.4 is 10.9 Å². The third-order valence-electron chi connectivity index (χ3n) is 3.73. The van der Waals surface area contributed by atoms with Gasteiger partial charge in [0.1, 0.15) is 12.4 Å². The van der Waals surface area contributed by atoms with Crippen LogP contribution in [0.25, 0.3) is 10.8 Å². The number of H-pyrrole nitrogens is 1. The number of carbonyl (C=O) groups excluding carboxylic acids is 1. The molecule has 0 spiro atoms. The third-order valence-corrected chi connectivity index (χ3v) is 3.73. The minimum atomic E-state index is -0.361. The van der Waals surface area contributed by atoms with Crippen LogP contribution in [0, 0.1) is 13.8 Å². The Morgan fingerprint density at radius 3 is 2.67 bits per heavy atom. The first-order valence-corrected chi connectivity index (χ1v) is 7.60. The van der Waals surface area contributed by atoms with Crippen LogP contribution in [0.5, 0.6) is 0 Å². The first kappa shape index (κ1) is 15.9. The first-order valence-electron chi connectivity index (χ1n) is 7.60. The molecule has 124 valence electrons. The normalized spacial score (nSPS) is 12.3. The Bertz CT molecular complexity index is 959. The van der Waals surface area contributed by atoms with E-state index in [0.717, 1.165) is 5.39 Å². The van der Waals surface area contributed by atoms with Crippen molar-refractivity contribution in [3.8, 4) is 0 Å². The van der Waals surface area contributed by atoms with Crippen LogP contribution in [0.3, 0.4) is 0 Å². The first-order chi connectivity index (χ1) is 11.5. The molecule has 2 N–H and O–H groups in total. The van der Waals surface area contributed by atoms with E-state index in [0.29, 0.717) is 22.7 Å². The van der Waals surface area contributed by atoms with E-state index in [9.17, 15) is 9.59 Å². The molecule has 3 aromatic rings. The highest BCUT2D eigenvalue weighted by molar-refractivity contribution is 5.83. The van der Waals surface area contributed by atoms with Crippen LogP contribution in [0.1, 0.15) is 30.3 Å². The van der Waals surface area contributed by atoms with Gasteiger partial charge in [0.25, 0.3) is 5.56 Å². The van der Waals surface area contributed by atoms with Gasteiger partial charge in [0, 0.05) is 5.39 Å². The van der Waals surface area contributed by atoms with Crippen LogP contribution >= 0.6 is 0 Å². The van der Waals surface area contributed by atoms with Gasteiger partial charge in [-0.3, -0.25) is 14.7 Å². The van der Waals surface area contributed by atoms with E-state index in [1.807, 2.05) is 19.1 Å². The maximum absolute atomic E-state index is 12.5. The molecule has 1 aromatic carbocycles. The van der Waals surface area contributed by atoms with E-state index in [1.165, 1.54) is 4.68 Å². The molecule has 0 unspecified atom stereocenters. The highest BCUT2D eigenvalue weighted by Crippen LogP contribution is 2.11. The number of nitrogens with zero attached hydrogens (tertiary/aromatic N) is 4. The number of aryl methyl sites for hydroxylation is 2. The smallest absolute Gasteiger partial charge is 0.275 e. The Kier molecular flexibility index (Phi) is 4.11. The topological polar surface area (TPSA) is 106 Å². The summed E-state index contributed by atoms with van der Waals surface area (Å²) in [6.07, 6.45) is 0. The van der Waals surface area contributed by atoms with Gasteiger partial charge >= 0.3 is 0 Å². The Morgan fingerprint density at radius 1 is 1.29 bits per heavy atom. The molecule has 0 aliphatic rings. The molecule has 2 heterocycles. The molecule has 8 heteroatoms. The molecular weight excluding hydrogens is 308 g/mol. The highest BCUT2D eigenvalue weighted by Gasteiger charge is 2.16. The molecule has 1 amide bonds. The van der Waals surface area contributed by atoms with Crippen molar-refractivity contribution in [3.63, 3.8) is 0 Å². The fourth-order valence-electron chi connectivity index (χ4n) is 2.55. The lowest BCUT2D eigenvalue weighted by Crippen LogP contribution is -2.35. The van der Waals surface area contributed by atoms with Gasteiger partial charge in [-0.15, -0.1) is 0 Å². The molecule has 0 saturated carbocycles. The van der Waals surface area contributed by atoms with E-state index < -0.39 is 0 Å². The second-order valence-electron chi connectivity index (χ2n) is 5.66. The Labute approximate surface area is 137 Å². The summed E-state index contributed by atoms with van der Waals surface area (Å²) in [5, 5.41) is 15.1. The molecule has 0 aliphatic heterocycles. The van der Waals surface area contributed by atoms with Crippen molar-refractivity contribution < 1.29 is 4.79 Å². The van der Waals surface area contributed by atoms with Gasteiger partial charge < -0.3 is 5.32 Å². The monoisotopic (exact) mass is 326 g/mol. The minimum absolute atomic E-state index is 0.155. The average Bonchev–Trinajstić information content (AvgIpc) is 2.99. The zero-order chi connectivity index (χ0) is 17.3. The van der Waals surface area contributed by atoms with Crippen LogP contribution in [-0.2, 0) is 11.3 Å². The molecule has 0 saturated heterocycles. The summed E-state index contributed by atoms with van der Waals surface area (Å²) in [5.74, 6) is 0.847. The van der Waals surface area contributed by atoms with Crippen molar-refractivity contribution >= 4 is 16.7 Å². The maximum atomic E-state index is 12.5. The molecule has 0 bridgehead atoms. The van der Waals surface area contributed by atoms with Crippen LogP contribution in [-0.4, -0.2) is 30.9 Å². The Balaban J connectivity index is 1.81. The minimum Gasteiger partial charge on any atom is -0.345 e. The molecule has 0 radical (unpaired) electrons. The van der Waals surface area contributed by atoms with Crippen molar-refractivity contribution in [2.24, 2.45) is 0 Å². The van der Waals surface area contributed by atoms with Crippen molar-refractivity contribution in [2.75, 3.05) is 0 Å². The number of benzene rings is 1. The van der Waals surface area contributed by atoms with Crippen LogP contribution in [0.4, 0.5) is 0 Å². The molecule has 2 aromatic heterocycles. The number of carbonyl (C=O) groups is 1. The third kappa shape index (κ3) is 3.03. The van der Waals surface area contributed by atoms with Gasteiger partial charge in [-0.25, -0.2) is 9.67 Å². The number of amides is 1. The number of fused-ring (bicyclic) bond motifs is 1. The van der Waals surface area contributed by atoms with Crippen molar-refractivity contribution in [1.29, 1.82) is 0 Å². The predicted molar refractivity (Wildman–Crippen MR) is 88.4 cm³/mol.